The highest BCUT2D eigenvalue weighted by Gasteiger charge is 2.15. The van der Waals surface area contributed by atoms with Crippen LogP contribution in [0.4, 0.5) is 4.79 Å². The van der Waals surface area contributed by atoms with Crippen molar-refractivity contribution in [1.82, 2.24) is 20.5 Å². The average Bonchev–Trinajstić information content (AvgIpc) is 2.69. The Labute approximate surface area is 177 Å². The highest BCUT2D eigenvalue weighted by atomic mass is 16.6. The van der Waals surface area contributed by atoms with Crippen molar-refractivity contribution in [2.75, 3.05) is 20.1 Å². The van der Waals surface area contributed by atoms with Gasteiger partial charge in [-0.05, 0) is 38.0 Å². The number of hydrogen-bond acceptors (Lipinski definition) is 4. The highest BCUT2D eigenvalue weighted by molar-refractivity contribution is 5.79. The number of carbonyl (C=O) groups is 1. The van der Waals surface area contributed by atoms with Gasteiger partial charge in [0.15, 0.2) is 5.96 Å². The van der Waals surface area contributed by atoms with E-state index < -0.39 is 11.7 Å². The fourth-order valence-electron chi connectivity index (χ4n) is 2.62. The number of aliphatic imine (C=N–C) groups is 1. The number of pyridine rings is 1. The van der Waals surface area contributed by atoms with Gasteiger partial charge < -0.3 is 25.3 Å². The van der Waals surface area contributed by atoms with Crippen LogP contribution in [0.5, 0.6) is 0 Å². The second kappa shape index (κ2) is 11.0. The van der Waals surface area contributed by atoms with E-state index in [4.69, 9.17) is 4.74 Å². The maximum Gasteiger partial charge on any atom is 0.407 e. The number of alkyl carbamates (subject to hydrolysis) is 1. The zero-order valence-electron chi connectivity index (χ0n) is 18.1. The van der Waals surface area contributed by atoms with Gasteiger partial charge >= 0.3 is 6.09 Å². The molecule has 0 aliphatic rings. The summed E-state index contributed by atoms with van der Waals surface area (Å²) in [6.07, 6.45) is 1.34. The summed E-state index contributed by atoms with van der Waals surface area (Å²) >= 11 is 0. The Kier molecular flexibility index (Phi) is 8.46. The normalized spacial score (nSPS) is 11.7. The molecule has 0 atom stereocenters. The third kappa shape index (κ3) is 8.38. The lowest BCUT2D eigenvalue weighted by molar-refractivity contribution is 0.0529. The van der Waals surface area contributed by atoms with Crippen LogP contribution in [0.1, 0.15) is 31.9 Å². The van der Waals surface area contributed by atoms with Gasteiger partial charge in [0.1, 0.15) is 5.60 Å². The van der Waals surface area contributed by atoms with E-state index in [2.05, 4.69) is 20.9 Å². The SMILES string of the molecule is CN=C(NCCNC(=O)OC(C)(C)C)NCc1ccc(Cn2ccccc2=O)cc1. The molecule has 8 heteroatoms. The van der Waals surface area contributed by atoms with Gasteiger partial charge in [-0.2, -0.15) is 0 Å². The number of guanidine groups is 1. The first kappa shape index (κ1) is 23.0. The molecule has 1 aromatic heterocycles. The molecular formula is C22H31N5O3. The Morgan fingerprint density at radius 3 is 2.30 bits per heavy atom. The monoisotopic (exact) mass is 413 g/mol. The van der Waals surface area contributed by atoms with E-state index in [-0.39, 0.29) is 5.56 Å². The summed E-state index contributed by atoms with van der Waals surface area (Å²) < 4.78 is 6.86. The summed E-state index contributed by atoms with van der Waals surface area (Å²) in [6, 6.07) is 13.2. The number of carbonyl (C=O) groups excluding carboxylic acids is 1. The number of hydrogen-bond donors (Lipinski definition) is 3. The van der Waals surface area contributed by atoms with Crippen molar-refractivity contribution >= 4 is 12.1 Å². The standard InChI is InChI=1S/C22H31N5O3/c1-22(2,3)30-21(29)25-13-12-24-20(23-4)26-15-17-8-10-18(11-9-17)16-27-14-6-5-7-19(27)28/h5-11,14H,12-13,15-16H2,1-4H3,(H,25,29)(H2,23,24,26). The van der Waals surface area contributed by atoms with E-state index >= 15 is 0 Å². The van der Waals surface area contributed by atoms with Crippen molar-refractivity contribution in [2.45, 2.75) is 39.5 Å². The van der Waals surface area contributed by atoms with Crippen molar-refractivity contribution in [1.29, 1.82) is 0 Å². The summed E-state index contributed by atoms with van der Waals surface area (Å²) in [6.45, 7) is 7.55. The molecule has 1 amide bonds. The predicted octanol–water partition coefficient (Wildman–Crippen LogP) is 2.09. The minimum atomic E-state index is -0.512. The summed E-state index contributed by atoms with van der Waals surface area (Å²) in [5.74, 6) is 0.640. The summed E-state index contributed by atoms with van der Waals surface area (Å²) in [7, 11) is 1.69. The van der Waals surface area contributed by atoms with E-state index in [0.717, 1.165) is 11.1 Å². The first-order valence-corrected chi connectivity index (χ1v) is 9.91. The van der Waals surface area contributed by atoms with E-state index in [0.29, 0.717) is 32.1 Å². The van der Waals surface area contributed by atoms with Gasteiger partial charge in [0.25, 0.3) is 5.56 Å². The van der Waals surface area contributed by atoms with Crippen molar-refractivity contribution < 1.29 is 9.53 Å². The molecule has 0 bridgehead atoms. The number of ether oxygens (including phenoxy) is 1. The van der Waals surface area contributed by atoms with Gasteiger partial charge in [-0.1, -0.05) is 30.3 Å². The Morgan fingerprint density at radius 1 is 1.00 bits per heavy atom. The van der Waals surface area contributed by atoms with E-state index in [1.54, 1.807) is 29.9 Å². The van der Waals surface area contributed by atoms with Crippen LogP contribution in [0, 0.1) is 0 Å². The van der Waals surface area contributed by atoms with Gasteiger partial charge in [-0.15, -0.1) is 0 Å². The minimum absolute atomic E-state index is 0.0146. The molecule has 0 aliphatic heterocycles. The Hall–Kier alpha value is -3.29. The quantitative estimate of drug-likeness (QED) is 0.367. The number of nitrogens with zero attached hydrogens (tertiary/aromatic N) is 2. The third-order valence-electron chi connectivity index (χ3n) is 4.04. The van der Waals surface area contributed by atoms with Gasteiger partial charge in [0.2, 0.25) is 0 Å². The lowest BCUT2D eigenvalue weighted by Crippen LogP contribution is -2.42. The fourth-order valence-corrected chi connectivity index (χ4v) is 2.62. The largest absolute Gasteiger partial charge is 0.444 e. The molecule has 162 valence electrons. The molecule has 0 aliphatic carbocycles. The van der Waals surface area contributed by atoms with Crippen LogP contribution in [0.15, 0.2) is 58.4 Å². The summed E-state index contributed by atoms with van der Waals surface area (Å²) in [5.41, 5.74) is 1.62. The van der Waals surface area contributed by atoms with Crippen LogP contribution >= 0.6 is 0 Å². The second-order valence-corrected chi connectivity index (χ2v) is 7.76. The lowest BCUT2D eigenvalue weighted by atomic mass is 10.1. The van der Waals surface area contributed by atoms with Crippen molar-refractivity contribution in [3.63, 3.8) is 0 Å². The molecule has 3 N–H and O–H groups in total. The molecule has 0 spiro atoms. The lowest BCUT2D eigenvalue weighted by Gasteiger charge is -2.20. The third-order valence-corrected chi connectivity index (χ3v) is 4.04. The first-order chi connectivity index (χ1) is 14.3. The van der Waals surface area contributed by atoms with Crippen molar-refractivity contribution in [3.05, 3.63) is 70.1 Å². The van der Waals surface area contributed by atoms with Gasteiger partial charge in [0.05, 0.1) is 6.54 Å². The van der Waals surface area contributed by atoms with Crippen LogP contribution in [-0.4, -0.2) is 42.4 Å². The smallest absolute Gasteiger partial charge is 0.407 e. The molecule has 8 nitrogen and oxygen atoms in total. The molecule has 0 fully saturated rings. The number of aromatic nitrogens is 1. The van der Waals surface area contributed by atoms with Crippen LogP contribution in [0.3, 0.4) is 0 Å². The maximum atomic E-state index is 11.8. The van der Waals surface area contributed by atoms with E-state index in [9.17, 15) is 9.59 Å². The fraction of sp³-hybridized carbons (Fsp3) is 0.409. The molecule has 2 aromatic rings. The van der Waals surface area contributed by atoms with Crippen LogP contribution in [0.2, 0.25) is 0 Å². The van der Waals surface area contributed by atoms with Crippen LogP contribution < -0.4 is 21.5 Å². The number of nitrogens with one attached hydrogen (secondary N) is 3. The zero-order chi connectivity index (χ0) is 22.0. The van der Waals surface area contributed by atoms with Crippen molar-refractivity contribution in [2.24, 2.45) is 4.99 Å². The molecule has 0 saturated carbocycles. The Morgan fingerprint density at radius 2 is 1.67 bits per heavy atom. The van der Waals surface area contributed by atoms with Gasteiger partial charge in [0, 0.05) is 38.9 Å². The zero-order valence-corrected chi connectivity index (χ0v) is 18.1. The maximum absolute atomic E-state index is 11.8. The Balaban J connectivity index is 1.74. The van der Waals surface area contributed by atoms with Crippen LogP contribution in [0.25, 0.3) is 0 Å². The first-order valence-electron chi connectivity index (χ1n) is 9.91. The van der Waals surface area contributed by atoms with Gasteiger partial charge in [-0.3, -0.25) is 9.79 Å². The van der Waals surface area contributed by atoms with Crippen molar-refractivity contribution in [3.8, 4) is 0 Å². The van der Waals surface area contributed by atoms with E-state index in [1.165, 1.54) is 0 Å². The molecule has 1 heterocycles. The molecule has 0 saturated heterocycles. The van der Waals surface area contributed by atoms with E-state index in [1.807, 2.05) is 51.1 Å². The molecule has 0 radical (unpaired) electrons. The molecular weight excluding hydrogens is 382 g/mol. The summed E-state index contributed by atoms with van der Waals surface area (Å²) in [5, 5.41) is 9.06. The van der Waals surface area contributed by atoms with Gasteiger partial charge in [-0.25, -0.2) is 4.79 Å². The highest BCUT2D eigenvalue weighted by Crippen LogP contribution is 2.06. The number of rotatable bonds is 7. The predicted molar refractivity (Wildman–Crippen MR) is 119 cm³/mol. The minimum Gasteiger partial charge on any atom is -0.444 e. The number of amides is 1. The second-order valence-electron chi connectivity index (χ2n) is 7.76. The van der Waals surface area contributed by atoms with Crippen LogP contribution in [-0.2, 0) is 17.8 Å². The number of benzene rings is 1. The molecule has 1 aromatic carbocycles. The molecule has 0 unspecified atom stereocenters. The topological polar surface area (TPSA) is 96.8 Å². The molecule has 2 rings (SSSR count). The summed E-state index contributed by atoms with van der Waals surface area (Å²) in [4.78, 5) is 27.6. The molecule has 30 heavy (non-hydrogen) atoms. The Bertz CT molecular complexity index is 898. The average molecular weight is 414 g/mol.